The van der Waals surface area contributed by atoms with Crippen LogP contribution in [0.5, 0.6) is 0 Å². The second-order valence-electron chi connectivity index (χ2n) is 5.30. The third-order valence-electron chi connectivity index (χ3n) is 3.82. The van der Waals surface area contributed by atoms with Crippen molar-refractivity contribution in [1.82, 2.24) is 10.1 Å². The van der Waals surface area contributed by atoms with Gasteiger partial charge in [0.2, 0.25) is 5.91 Å². The van der Waals surface area contributed by atoms with Gasteiger partial charge in [0.25, 0.3) is 0 Å². The predicted octanol–water partition coefficient (Wildman–Crippen LogP) is 3.93. The van der Waals surface area contributed by atoms with Crippen LogP contribution >= 0.6 is 11.6 Å². The topological polar surface area (TPSA) is 46.3 Å². The molecule has 1 heterocycles. The Morgan fingerprint density at radius 2 is 2.05 bits per heavy atom. The Bertz CT molecular complexity index is 632. The molecule has 0 N–H and O–H groups in total. The minimum Gasteiger partial charge on any atom is -0.361 e. The first-order valence-electron chi connectivity index (χ1n) is 7.45. The van der Waals surface area contributed by atoms with E-state index in [2.05, 4.69) is 5.16 Å². The molecule has 0 atom stereocenters. The van der Waals surface area contributed by atoms with Crippen molar-refractivity contribution in [3.63, 3.8) is 0 Å². The number of nitrogens with zero attached hydrogens (tertiary/aromatic N) is 2. The molecule has 0 spiro atoms. The fourth-order valence-electron chi connectivity index (χ4n) is 2.46. The van der Waals surface area contributed by atoms with Crippen molar-refractivity contribution in [1.29, 1.82) is 0 Å². The Kier molecular flexibility index (Phi) is 5.61. The first kappa shape index (κ1) is 16.6. The Morgan fingerprint density at radius 3 is 2.64 bits per heavy atom. The normalized spacial score (nSPS) is 10.7. The van der Waals surface area contributed by atoms with E-state index < -0.39 is 0 Å². The van der Waals surface area contributed by atoms with Gasteiger partial charge >= 0.3 is 0 Å². The molecule has 0 aliphatic heterocycles. The Labute approximate surface area is 136 Å². The average molecular weight is 321 g/mol. The molecule has 22 heavy (non-hydrogen) atoms. The number of hydrogen-bond acceptors (Lipinski definition) is 3. The molecule has 0 radical (unpaired) electrons. The molecular formula is C17H21ClN2O2. The molecule has 0 saturated carbocycles. The zero-order valence-corrected chi connectivity index (χ0v) is 14.0. The van der Waals surface area contributed by atoms with Crippen LogP contribution in [0.2, 0.25) is 5.02 Å². The summed E-state index contributed by atoms with van der Waals surface area (Å²) in [5.74, 6) is 0.905. The van der Waals surface area contributed by atoms with E-state index in [9.17, 15) is 4.79 Å². The van der Waals surface area contributed by atoms with E-state index >= 15 is 0 Å². The number of carbonyl (C=O) groups excluding carboxylic acids is 1. The molecule has 0 unspecified atom stereocenters. The summed E-state index contributed by atoms with van der Waals surface area (Å²) in [6.45, 7) is 6.95. The number of aromatic nitrogens is 1. The van der Waals surface area contributed by atoms with Gasteiger partial charge in [0, 0.05) is 30.1 Å². The molecule has 0 bridgehead atoms. The summed E-state index contributed by atoms with van der Waals surface area (Å²) >= 11 is 6.17. The second-order valence-corrected chi connectivity index (χ2v) is 5.71. The number of halogens is 1. The largest absolute Gasteiger partial charge is 0.361 e. The van der Waals surface area contributed by atoms with Crippen molar-refractivity contribution >= 4 is 17.5 Å². The predicted molar refractivity (Wildman–Crippen MR) is 86.8 cm³/mol. The molecule has 5 heteroatoms. The van der Waals surface area contributed by atoms with Crippen LogP contribution in [0.15, 0.2) is 28.8 Å². The maximum atomic E-state index is 12.4. The fourth-order valence-corrected chi connectivity index (χ4v) is 2.65. The van der Waals surface area contributed by atoms with Gasteiger partial charge in [0.1, 0.15) is 5.76 Å². The standard InChI is InChI=1S/C17H21ClN2O2/c1-4-20(11-14-7-5-6-8-16(14)18)17(21)10-9-15-12(2)19-22-13(15)3/h5-8H,4,9-11H2,1-3H3. The van der Waals surface area contributed by atoms with Crippen molar-refractivity contribution in [2.24, 2.45) is 0 Å². The van der Waals surface area contributed by atoms with Gasteiger partial charge in [-0.1, -0.05) is 35.0 Å². The highest BCUT2D eigenvalue weighted by Gasteiger charge is 2.16. The third-order valence-corrected chi connectivity index (χ3v) is 4.19. The van der Waals surface area contributed by atoms with E-state index in [0.29, 0.717) is 31.0 Å². The highest BCUT2D eigenvalue weighted by atomic mass is 35.5. The van der Waals surface area contributed by atoms with Crippen molar-refractivity contribution in [2.75, 3.05) is 6.54 Å². The molecule has 1 aromatic carbocycles. The minimum atomic E-state index is 0.113. The van der Waals surface area contributed by atoms with Gasteiger partial charge in [-0.15, -0.1) is 0 Å². The summed E-state index contributed by atoms with van der Waals surface area (Å²) in [5, 5.41) is 4.62. The number of aryl methyl sites for hydroxylation is 2. The van der Waals surface area contributed by atoms with Crippen molar-refractivity contribution in [3.8, 4) is 0 Å². The summed E-state index contributed by atoms with van der Waals surface area (Å²) in [7, 11) is 0. The maximum absolute atomic E-state index is 12.4. The third kappa shape index (κ3) is 3.89. The minimum absolute atomic E-state index is 0.113. The van der Waals surface area contributed by atoms with Crippen LogP contribution < -0.4 is 0 Å². The Hall–Kier alpha value is -1.81. The van der Waals surface area contributed by atoms with Crippen LogP contribution in [-0.4, -0.2) is 22.5 Å². The maximum Gasteiger partial charge on any atom is 0.223 e. The summed E-state index contributed by atoms with van der Waals surface area (Å²) < 4.78 is 5.13. The lowest BCUT2D eigenvalue weighted by Gasteiger charge is -2.21. The molecule has 4 nitrogen and oxygen atoms in total. The SMILES string of the molecule is CCN(Cc1ccccc1Cl)C(=O)CCc1c(C)noc1C. The van der Waals surface area contributed by atoms with Crippen molar-refractivity contribution < 1.29 is 9.32 Å². The average Bonchev–Trinajstić information content (AvgIpc) is 2.83. The zero-order valence-electron chi connectivity index (χ0n) is 13.2. The van der Waals surface area contributed by atoms with E-state index in [-0.39, 0.29) is 5.91 Å². The fraction of sp³-hybridized carbons (Fsp3) is 0.412. The van der Waals surface area contributed by atoms with Crippen LogP contribution in [0, 0.1) is 13.8 Å². The number of benzene rings is 1. The van der Waals surface area contributed by atoms with E-state index in [0.717, 1.165) is 22.6 Å². The molecule has 0 fully saturated rings. The summed E-state index contributed by atoms with van der Waals surface area (Å²) in [6, 6.07) is 7.62. The van der Waals surface area contributed by atoms with Gasteiger partial charge in [-0.25, -0.2) is 0 Å². The van der Waals surface area contributed by atoms with Crippen LogP contribution in [0.4, 0.5) is 0 Å². The Balaban J connectivity index is 1.99. The molecule has 1 aromatic heterocycles. The summed E-state index contributed by atoms with van der Waals surface area (Å²) in [5.41, 5.74) is 2.86. The monoisotopic (exact) mass is 320 g/mol. The van der Waals surface area contributed by atoms with Gasteiger partial charge in [-0.2, -0.15) is 0 Å². The number of hydrogen-bond donors (Lipinski definition) is 0. The van der Waals surface area contributed by atoms with Gasteiger partial charge in [-0.3, -0.25) is 4.79 Å². The van der Waals surface area contributed by atoms with Crippen molar-refractivity contribution in [3.05, 3.63) is 51.9 Å². The second kappa shape index (κ2) is 7.45. The van der Waals surface area contributed by atoms with E-state index in [4.69, 9.17) is 16.1 Å². The first-order valence-corrected chi connectivity index (χ1v) is 7.83. The van der Waals surface area contributed by atoms with Gasteiger partial charge in [0.05, 0.1) is 5.69 Å². The van der Waals surface area contributed by atoms with E-state index in [1.165, 1.54) is 0 Å². The molecule has 2 aromatic rings. The quantitative estimate of drug-likeness (QED) is 0.810. The molecular weight excluding hydrogens is 300 g/mol. The molecule has 0 saturated heterocycles. The van der Waals surface area contributed by atoms with E-state index in [1.54, 1.807) is 0 Å². The smallest absolute Gasteiger partial charge is 0.223 e. The lowest BCUT2D eigenvalue weighted by Crippen LogP contribution is -2.30. The van der Waals surface area contributed by atoms with Crippen LogP contribution in [-0.2, 0) is 17.8 Å². The number of amides is 1. The molecule has 0 aliphatic rings. The molecule has 118 valence electrons. The lowest BCUT2D eigenvalue weighted by atomic mass is 10.1. The van der Waals surface area contributed by atoms with Crippen LogP contribution in [0.25, 0.3) is 0 Å². The molecule has 0 aliphatic carbocycles. The van der Waals surface area contributed by atoms with Crippen LogP contribution in [0.3, 0.4) is 0 Å². The van der Waals surface area contributed by atoms with Gasteiger partial charge < -0.3 is 9.42 Å². The zero-order chi connectivity index (χ0) is 16.1. The van der Waals surface area contributed by atoms with E-state index in [1.807, 2.05) is 49.9 Å². The molecule has 2 rings (SSSR count). The number of rotatable bonds is 6. The number of carbonyl (C=O) groups is 1. The van der Waals surface area contributed by atoms with Crippen LogP contribution in [0.1, 0.15) is 35.9 Å². The summed E-state index contributed by atoms with van der Waals surface area (Å²) in [6.07, 6.45) is 1.10. The Morgan fingerprint density at radius 1 is 1.32 bits per heavy atom. The summed E-state index contributed by atoms with van der Waals surface area (Å²) in [4.78, 5) is 14.3. The van der Waals surface area contributed by atoms with Gasteiger partial charge in [-0.05, 0) is 38.8 Å². The highest BCUT2D eigenvalue weighted by Crippen LogP contribution is 2.19. The van der Waals surface area contributed by atoms with Crippen molar-refractivity contribution in [2.45, 2.75) is 40.2 Å². The highest BCUT2D eigenvalue weighted by molar-refractivity contribution is 6.31. The molecule has 1 amide bonds. The lowest BCUT2D eigenvalue weighted by molar-refractivity contribution is -0.131. The van der Waals surface area contributed by atoms with Gasteiger partial charge in [0.15, 0.2) is 0 Å². The first-order chi connectivity index (χ1) is 10.5.